The van der Waals surface area contributed by atoms with Crippen molar-refractivity contribution >= 4 is 39.7 Å². The van der Waals surface area contributed by atoms with Crippen molar-refractivity contribution in [2.45, 2.75) is 5.38 Å². The minimum absolute atomic E-state index is 0.306. The molecular weight excluding hydrogens is 205 g/mol. The molecule has 0 N–H and O–H groups in total. The Bertz CT molecular complexity index is 199. The first-order valence-electron chi connectivity index (χ1n) is 2.29. The van der Waals surface area contributed by atoms with Gasteiger partial charge in [0.2, 0.25) is 0 Å². The number of dihydropyridines is 1. The monoisotopic (exact) mass is 207 g/mol. The molecular formula is C5H3BrClNO. The summed E-state index contributed by atoms with van der Waals surface area (Å²) >= 11 is 8.62. The average Bonchev–Trinajstić information content (AvgIpc) is 1.80. The van der Waals surface area contributed by atoms with Crippen LogP contribution in [0.15, 0.2) is 15.6 Å². The number of allylic oxidation sites excluding steroid dienone is 1. The molecule has 0 spiro atoms. The van der Waals surface area contributed by atoms with Crippen molar-refractivity contribution in [3.05, 3.63) is 10.6 Å². The molecule has 0 aromatic carbocycles. The molecule has 1 amide bonds. The SMILES string of the molecule is O=C1N=CC(Br)=CC1Cl. The summed E-state index contributed by atoms with van der Waals surface area (Å²) in [5, 5.41) is -0.593. The average molecular weight is 208 g/mol. The van der Waals surface area contributed by atoms with Crippen LogP contribution in [0.4, 0.5) is 0 Å². The minimum Gasteiger partial charge on any atom is -0.271 e. The first-order valence-corrected chi connectivity index (χ1v) is 3.52. The van der Waals surface area contributed by atoms with E-state index in [9.17, 15) is 4.79 Å². The molecule has 1 aliphatic heterocycles. The molecule has 48 valence electrons. The second-order valence-corrected chi connectivity index (χ2v) is 2.94. The van der Waals surface area contributed by atoms with Gasteiger partial charge >= 0.3 is 0 Å². The molecule has 0 radical (unpaired) electrons. The van der Waals surface area contributed by atoms with Crippen molar-refractivity contribution in [3.63, 3.8) is 0 Å². The van der Waals surface area contributed by atoms with Gasteiger partial charge in [-0.05, 0) is 22.0 Å². The van der Waals surface area contributed by atoms with Crippen molar-refractivity contribution < 1.29 is 4.79 Å². The maximum Gasteiger partial charge on any atom is 0.267 e. The van der Waals surface area contributed by atoms with E-state index in [2.05, 4.69) is 20.9 Å². The summed E-state index contributed by atoms with van der Waals surface area (Å²) in [5.41, 5.74) is 0. The highest BCUT2D eigenvalue weighted by atomic mass is 79.9. The van der Waals surface area contributed by atoms with Crippen LogP contribution in [-0.2, 0) is 4.79 Å². The van der Waals surface area contributed by atoms with E-state index in [-0.39, 0.29) is 5.91 Å². The molecule has 1 rings (SSSR count). The number of rotatable bonds is 0. The van der Waals surface area contributed by atoms with Gasteiger partial charge in [-0.25, -0.2) is 4.99 Å². The van der Waals surface area contributed by atoms with Crippen LogP contribution in [0.3, 0.4) is 0 Å². The van der Waals surface area contributed by atoms with Gasteiger partial charge in [0.05, 0.1) is 0 Å². The van der Waals surface area contributed by atoms with Crippen LogP contribution in [0, 0.1) is 0 Å². The quantitative estimate of drug-likeness (QED) is 0.555. The van der Waals surface area contributed by atoms with Gasteiger partial charge in [0, 0.05) is 10.7 Å². The summed E-state index contributed by atoms with van der Waals surface area (Å²) in [4.78, 5) is 14.0. The summed E-state index contributed by atoms with van der Waals surface area (Å²) in [7, 11) is 0. The van der Waals surface area contributed by atoms with E-state index in [1.807, 2.05) is 0 Å². The van der Waals surface area contributed by atoms with E-state index < -0.39 is 5.38 Å². The Balaban J connectivity index is 2.82. The lowest BCUT2D eigenvalue weighted by Crippen LogP contribution is -2.12. The molecule has 1 aliphatic rings. The zero-order valence-corrected chi connectivity index (χ0v) is 6.69. The van der Waals surface area contributed by atoms with Gasteiger partial charge in [0.1, 0.15) is 5.38 Å². The fraction of sp³-hybridized carbons (Fsp3) is 0.200. The van der Waals surface area contributed by atoms with E-state index >= 15 is 0 Å². The number of hydrogen-bond donors (Lipinski definition) is 0. The predicted octanol–water partition coefficient (Wildman–Crippen LogP) is 1.48. The standard InChI is InChI=1S/C5H3BrClNO/c6-3-1-4(7)5(9)8-2-3/h1-2,4H. The molecule has 0 aromatic heterocycles. The Morgan fingerprint density at radius 1 is 1.78 bits per heavy atom. The summed E-state index contributed by atoms with van der Waals surface area (Å²) in [5.74, 6) is -0.306. The second-order valence-electron chi connectivity index (χ2n) is 1.55. The molecule has 1 heterocycles. The van der Waals surface area contributed by atoms with Crippen LogP contribution in [0.1, 0.15) is 0 Å². The predicted molar refractivity (Wildman–Crippen MR) is 40.2 cm³/mol. The number of alkyl halides is 1. The molecule has 0 aromatic rings. The first kappa shape index (κ1) is 6.96. The van der Waals surface area contributed by atoms with Crippen LogP contribution >= 0.6 is 27.5 Å². The number of carbonyl (C=O) groups is 1. The molecule has 4 heteroatoms. The van der Waals surface area contributed by atoms with Crippen LogP contribution in [0.2, 0.25) is 0 Å². The van der Waals surface area contributed by atoms with Gasteiger partial charge in [-0.2, -0.15) is 0 Å². The summed E-state index contributed by atoms with van der Waals surface area (Å²) in [6.45, 7) is 0. The number of carbonyl (C=O) groups excluding carboxylic acids is 1. The van der Waals surface area contributed by atoms with Gasteiger partial charge in [-0.15, -0.1) is 11.6 Å². The van der Waals surface area contributed by atoms with Crippen molar-refractivity contribution in [1.29, 1.82) is 0 Å². The van der Waals surface area contributed by atoms with Crippen LogP contribution in [0.25, 0.3) is 0 Å². The number of halogens is 2. The summed E-state index contributed by atoms with van der Waals surface area (Å²) in [6, 6.07) is 0. The Kier molecular flexibility index (Phi) is 2.03. The van der Waals surface area contributed by atoms with E-state index in [0.29, 0.717) is 0 Å². The number of aliphatic imine (C=N–C) groups is 1. The van der Waals surface area contributed by atoms with Crippen LogP contribution in [0.5, 0.6) is 0 Å². The lowest BCUT2D eigenvalue weighted by atomic mass is 10.3. The van der Waals surface area contributed by atoms with Crippen molar-refractivity contribution in [2.75, 3.05) is 0 Å². The van der Waals surface area contributed by atoms with Gasteiger partial charge in [-0.3, -0.25) is 4.79 Å². The molecule has 2 nitrogen and oxygen atoms in total. The molecule has 0 saturated carbocycles. The van der Waals surface area contributed by atoms with Gasteiger partial charge < -0.3 is 0 Å². The Morgan fingerprint density at radius 3 is 2.89 bits per heavy atom. The fourth-order valence-electron chi connectivity index (χ4n) is 0.451. The molecule has 1 unspecified atom stereocenters. The van der Waals surface area contributed by atoms with Gasteiger partial charge in [0.15, 0.2) is 0 Å². The third kappa shape index (κ3) is 1.63. The Morgan fingerprint density at radius 2 is 2.44 bits per heavy atom. The van der Waals surface area contributed by atoms with E-state index in [4.69, 9.17) is 11.6 Å². The zero-order valence-electron chi connectivity index (χ0n) is 4.34. The summed E-state index contributed by atoms with van der Waals surface area (Å²) in [6.07, 6.45) is 3.03. The van der Waals surface area contributed by atoms with Crippen LogP contribution < -0.4 is 0 Å². The largest absolute Gasteiger partial charge is 0.271 e. The number of hydrogen-bond acceptors (Lipinski definition) is 1. The highest BCUT2D eigenvalue weighted by molar-refractivity contribution is 9.12. The smallest absolute Gasteiger partial charge is 0.267 e. The molecule has 0 saturated heterocycles. The molecule has 1 atom stereocenters. The minimum atomic E-state index is -0.593. The van der Waals surface area contributed by atoms with Crippen LogP contribution in [-0.4, -0.2) is 17.5 Å². The third-order valence-electron chi connectivity index (χ3n) is 0.857. The summed E-state index contributed by atoms with van der Waals surface area (Å²) < 4.78 is 0.752. The first-order chi connectivity index (χ1) is 4.20. The maximum absolute atomic E-state index is 10.5. The maximum atomic E-state index is 10.5. The van der Waals surface area contributed by atoms with E-state index in [0.717, 1.165) is 4.48 Å². The van der Waals surface area contributed by atoms with E-state index in [1.165, 1.54) is 6.21 Å². The Hall–Kier alpha value is -0.150. The topological polar surface area (TPSA) is 29.4 Å². The molecule has 0 fully saturated rings. The highest BCUT2D eigenvalue weighted by Crippen LogP contribution is 2.13. The highest BCUT2D eigenvalue weighted by Gasteiger charge is 2.14. The number of amides is 1. The van der Waals surface area contributed by atoms with E-state index in [1.54, 1.807) is 6.08 Å². The molecule has 9 heavy (non-hydrogen) atoms. The van der Waals surface area contributed by atoms with Gasteiger partial charge in [-0.1, -0.05) is 0 Å². The molecule has 0 aliphatic carbocycles. The van der Waals surface area contributed by atoms with Crippen molar-refractivity contribution in [1.82, 2.24) is 0 Å². The fourth-order valence-corrected chi connectivity index (χ4v) is 1.16. The third-order valence-corrected chi connectivity index (χ3v) is 1.64. The lowest BCUT2D eigenvalue weighted by molar-refractivity contribution is -0.116. The molecule has 0 bridgehead atoms. The second kappa shape index (κ2) is 2.62. The number of nitrogens with zero attached hydrogens (tertiary/aromatic N) is 1. The van der Waals surface area contributed by atoms with Gasteiger partial charge in [0.25, 0.3) is 5.91 Å². The van der Waals surface area contributed by atoms with Crippen molar-refractivity contribution in [2.24, 2.45) is 4.99 Å². The Labute approximate surface area is 65.7 Å². The van der Waals surface area contributed by atoms with Crippen molar-refractivity contribution in [3.8, 4) is 0 Å². The zero-order chi connectivity index (χ0) is 6.85. The normalized spacial score (nSPS) is 26.2. The lowest BCUT2D eigenvalue weighted by Gasteiger charge is -2.02.